The average molecular weight is 946 g/mol. The molecule has 1 aromatic heterocycles. The highest BCUT2D eigenvalue weighted by Gasteiger charge is 2.42. The quantitative estimate of drug-likeness (QED) is 0.174. The van der Waals surface area contributed by atoms with Gasteiger partial charge in [-0.1, -0.05) is 138 Å². The van der Waals surface area contributed by atoms with E-state index in [0.29, 0.717) is 0 Å². The van der Waals surface area contributed by atoms with Crippen molar-refractivity contribution in [3.05, 3.63) is 160 Å². The molecule has 4 aliphatic rings. The normalized spacial score (nSPS) is 19.4. The maximum atomic E-state index is 7.02. The zero-order chi connectivity index (χ0) is 50.7. The van der Waals surface area contributed by atoms with Crippen LogP contribution in [0.5, 0.6) is 0 Å². The molecule has 0 atom stereocenters. The number of hydrogen-bond acceptors (Lipinski definition) is 3. The predicted octanol–water partition coefficient (Wildman–Crippen LogP) is 17.8. The molecule has 365 valence electrons. The lowest BCUT2D eigenvalue weighted by atomic mass is 9.57. The fourth-order valence-electron chi connectivity index (χ4n) is 13.6. The van der Waals surface area contributed by atoms with Gasteiger partial charge in [-0.2, -0.15) is 0 Å². The Morgan fingerprint density at radius 3 is 1.67 bits per heavy atom. The predicted molar refractivity (Wildman–Crippen MR) is 309 cm³/mol. The smallest absolute Gasteiger partial charge is 0.202 e. The van der Waals surface area contributed by atoms with E-state index in [4.69, 9.17) is 4.42 Å². The van der Waals surface area contributed by atoms with Gasteiger partial charge in [0.15, 0.2) is 0 Å². The van der Waals surface area contributed by atoms with Gasteiger partial charge in [0.2, 0.25) is 7.28 Å². The van der Waals surface area contributed by atoms with Gasteiger partial charge < -0.3 is 14.6 Å². The molecule has 7 aromatic carbocycles. The van der Waals surface area contributed by atoms with Gasteiger partial charge in [-0.05, 0) is 218 Å². The van der Waals surface area contributed by atoms with Crippen molar-refractivity contribution >= 4 is 68.6 Å². The molecule has 3 aliphatic carbocycles. The Labute approximate surface area is 431 Å². The highest BCUT2D eigenvalue weighted by atomic mass is 16.3. The zero-order valence-electron chi connectivity index (χ0n) is 45.6. The topological polar surface area (TPSA) is 28.4 Å². The molecule has 2 heterocycles. The number of benzene rings is 7. The van der Waals surface area contributed by atoms with Crippen LogP contribution in [0.25, 0.3) is 44.2 Å². The molecular formula is C68H74BN2O. The summed E-state index contributed by atoms with van der Waals surface area (Å²) in [6, 6.07) is 44.7. The first-order chi connectivity index (χ1) is 33.9. The van der Waals surface area contributed by atoms with Crippen molar-refractivity contribution in [1.29, 1.82) is 0 Å². The van der Waals surface area contributed by atoms with Gasteiger partial charge in [0.1, 0.15) is 11.2 Å². The fourth-order valence-corrected chi connectivity index (χ4v) is 13.6. The molecule has 8 aromatic rings. The molecule has 0 saturated carbocycles. The number of furan rings is 1. The molecule has 0 saturated heterocycles. The van der Waals surface area contributed by atoms with Crippen molar-refractivity contribution in [1.82, 2.24) is 0 Å². The molecule has 1 radical (unpaired) electrons. The minimum absolute atomic E-state index is 0.00311. The summed E-state index contributed by atoms with van der Waals surface area (Å²) < 4.78 is 7.02. The summed E-state index contributed by atoms with van der Waals surface area (Å²) >= 11 is 0. The molecular weight excluding hydrogens is 872 g/mol. The Kier molecular flexibility index (Phi) is 10.3. The minimum atomic E-state index is -0.00311. The number of aryl methyl sites for hydroxylation is 2. The molecule has 12 rings (SSSR count). The fraction of sp³-hybridized carbons (Fsp3) is 0.382. The Bertz CT molecular complexity index is 3570. The molecule has 0 bridgehead atoms. The molecule has 0 spiro atoms. The molecule has 1 aliphatic heterocycles. The van der Waals surface area contributed by atoms with Crippen LogP contribution in [0.4, 0.5) is 28.4 Å². The van der Waals surface area contributed by atoms with E-state index < -0.39 is 0 Å². The lowest BCUT2D eigenvalue weighted by molar-refractivity contribution is 0.332. The van der Waals surface area contributed by atoms with Crippen molar-refractivity contribution in [2.24, 2.45) is 0 Å². The van der Waals surface area contributed by atoms with E-state index in [2.05, 4.69) is 230 Å². The van der Waals surface area contributed by atoms with Gasteiger partial charge in [-0.3, -0.25) is 0 Å². The lowest BCUT2D eigenvalue weighted by Gasteiger charge is -2.44. The monoisotopic (exact) mass is 946 g/mol. The number of para-hydroxylation sites is 1. The van der Waals surface area contributed by atoms with Crippen LogP contribution in [-0.2, 0) is 32.5 Å². The summed E-state index contributed by atoms with van der Waals surface area (Å²) in [5, 5.41) is 6.49. The Balaban J connectivity index is 1.18. The van der Waals surface area contributed by atoms with Crippen LogP contribution < -0.4 is 21.1 Å². The Morgan fingerprint density at radius 1 is 0.431 bits per heavy atom. The van der Waals surface area contributed by atoms with E-state index in [1.165, 1.54) is 103 Å². The molecule has 72 heavy (non-hydrogen) atoms. The van der Waals surface area contributed by atoms with Gasteiger partial charge >= 0.3 is 0 Å². The van der Waals surface area contributed by atoms with Crippen molar-refractivity contribution < 1.29 is 4.42 Å². The zero-order valence-corrected chi connectivity index (χ0v) is 45.6. The lowest BCUT2D eigenvalue weighted by Crippen LogP contribution is -2.42. The van der Waals surface area contributed by atoms with E-state index in [1.807, 2.05) is 0 Å². The van der Waals surface area contributed by atoms with Crippen molar-refractivity contribution in [3.63, 3.8) is 0 Å². The van der Waals surface area contributed by atoms with Gasteiger partial charge in [-0.25, -0.2) is 0 Å². The standard InChI is InChI=1S/C68H74BN2O/c1-40-19-15-16-20-44(40)42-34-48(47-37-52-53(67(11,12)31-30-66(52,9)10)38-55(47)70-43-23-25-49-51(36-43)65(7,8)28-27-63(49,3)4)60-58(35-42)71(57-39-54-50(33-41(57)2)64(5,6)29-32-68(54,13)14)56-26-24-46-45-21-17-18-22-59(45)72-62(46)61(56)69-60/h15-26,33-39,70H,27-32H2,1-14H3. The van der Waals surface area contributed by atoms with Crippen molar-refractivity contribution in [2.45, 2.75) is 168 Å². The van der Waals surface area contributed by atoms with Crippen molar-refractivity contribution in [3.8, 4) is 22.3 Å². The van der Waals surface area contributed by atoms with E-state index in [-0.39, 0.29) is 32.5 Å². The van der Waals surface area contributed by atoms with E-state index >= 15 is 0 Å². The number of nitrogens with zero attached hydrogens (tertiary/aromatic N) is 1. The molecule has 3 nitrogen and oxygen atoms in total. The van der Waals surface area contributed by atoms with Gasteiger partial charge in [0, 0.05) is 44.8 Å². The van der Waals surface area contributed by atoms with Gasteiger partial charge in [0.05, 0.1) is 0 Å². The van der Waals surface area contributed by atoms with E-state index in [9.17, 15) is 0 Å². The summed E-state index contributed by atoms with van der Waals surface area (Å²) in [7, 11) is 2.48. The SMILES string of the molecule is Cc1ccccc1-c1cc(-c2cc3c(cc2Nc2ccc4c(c2)C(C)(C)CCC4(C)C)C(C)(C)CCC3(C)C)c2c(c1)N(c1cc3c(cc1C)C(C)(C)CCC3(C)C)c1ccc3c(oc4ccccc43)c1[B]2. The third-order valence-electron chi connectivity index (χ3n) is 18.8. The summed E-state index contributed by atoms with van der Waals surface area (Å²) in [6.45, 7) is 34.0. The second kappa shape index (κ2) is 15.8. The summed E-state index contributed by atoms with van der Waals surface area (Å²) in [6.07, 6.45) is 6.98. The molecule has 0 fully saturated rings. The number of hydrogen-bond donors (Lipinski definition) is 1. The highest BCUT2D eigenvalue weighted by Crippen LogP contribution is 2.54. The highest BCUT2D eigenvalue weighted by molar-refractivity contribution is 6.75. The second-order valence-electron chi connectivity index (χ2n) is 26.5. The summed E-state index contributed by atoms with van der Waals surface area (Å²) in [4.78, 5) is 2.61. The van der Waals surface area contributed by atoms with Gasteiger partial charge in [0.25, 0.3) is 0 Å². The first kappa shape index (κ1) is 47.0. The summed E-state index contributed by atoms with van der Waals surface area (Å²) in [5.41, 5.74) is 26.6. The first-order valence-corrected chi connectivity index (χ1v) is 27.0. The summed E-state index contributed by atoms with van der Waals surface area (Å²) in [5.74, 6) is 0. The first-order valence-electron chi connectivity index (χ1n) is 27.0. The largest absolute Gasteiger partial charge is 0.457 e. The maximum Gasteiger partial charge on any atom is 0.202 e. The van der Waals surface area contributed by atoms with Crippen LogP contribution in [0.15, 0.2) is 120 Å². The number of nitrogens with one attached hydrogen (secondary N) is 1. The van der Waals surface area contributed by atoms with Crippen LogP contribution in [-0.4, -0.2) is 7.28 Å². The van der Waals surface area contributed by atoms with Gasteiger partial charge in [-0.15, -0.1) is 0 Å². The Morgan fingerprint density at radius 2 is 1.00 bits per heavy atom. The van der Waals surface area contributed by atoms with E-state index in [0.717, 1.165) is 63.7 Å². The third-order valence-corrected chi connectivity index (χ3v) is 18.8. The van der Waals surface area contributed by atoms with Crippen LogP contribution >= 0.6 is 0 Å². The van der Waals surface area contributed by atoms with Crippen LogP contribution in [0.3, 0.4) is 0 Å². The van der Waals surface area contributed by atoms with Crippen LogP contribution in [0, 0.1) is 13.8 Å². The number of rotatable bonds is 5. The number of anilines is 5. The minimum Gasteiger partial charge on any atom is -0.457 e. The van der Waals surface area contributed by atoms with Crippen molar-refractivity contribution in [2.75, 3.05) is 10.2 Å². The second-order valence-corrected chi connectivity index (χ2v) is 26.5. The maximum absolute atomic E-state index is 7.02. The molecule has 1 N–H and O–H groups in total. The molecule has 0 unspecified atom stereocenters. The van der Waals surface area contributed by atoms with E-state index in [1.54, 1.807) is 0 Å². The third kappa shape index (κ3) is 7.27. The van der Waals surface area contributed by atoms with Crippen LogP contribution in [0.2, 0.25) is 0 Å². The van der Waals surface area contributed by atoms with Crippen LogP contribution in [0.1, 0.15) is 166 Å². The number of fused-ring (bicyclic) bond motifs is 9. The Hall–Kier alpha value is -6.00. The molecule has 0 amide bonds. The molecule has 4 heteroatoms. The average Bonchev–Trinajstić information content (AvgIpc) is 3.72.